The third-order valence-corrected chi connectivity index (χ3v) is 3.76. The highest BCUT2D eigenvalue weighted by atomic mass is 79.9. The van der Waals surface area contributed by atoms with Crippen LogP contribution < -0.4 is 4.74 Å². The minimum atomic E-state index is -0.389. The highest BCUT2D eigenvalue weighted by Gasteiger charge is 2.14. The number of benzene rings is 2. The molecule has 0 aliphatic carbocycles. The van der Waals surface area contributed by atoms with E-state index < -0.39 is 0 Å². The summed E-state index contributed by atoms with van der Waals surface area (Å²) >= 11 is 3.27. The summed E-state index contributed by atoms with van der Waals surface area (Å²) in [6.45, 7) is 4.24. The number of halogens is 1. The first kappa shape index (κ1) is 15.5. The Morgan fingerprint density at radius 1 is 1.19 bits per heavy atom. The molecule has 0 aliphatic heterocycles. The molecule has 21 heavy (non-hydrogen) atoms. The van der Waals surface area contributed by atoms with Gasteiger partial charge >= 0.3 is 0 Å². The van der Waals surface area contributed by atoms with E-state index in [0.29, 0.717) is 22.6 Å². The number of nitro groups is 1. The van der Waals surface area contributed by atoms with E-state index in [-0.39, 0.29) is 10.6 Å². The van der Waals surface area contributed by atoms with E-state index in [4.69, 9.17) is 4.74 Å². The first-order valence-corrected chi connectivity index (χ1v) is 7.74. The molecule has 0 unspecified atom stereocenters. The quantitative estimate of drug-likeness (QED) is 0.412. The average molecular weight is 350 g/mol. The fraction of sp³-hybridized carbons (Fsp3) is 0.250. The van der Waals surface area contributed by atoms with Gasteiger partial charge in [0, 0.05) is 17.0 Å². The zero-order chi connectivity index (χ0) is 15.4. The van der Waals surface area contributed by atoms with Gasteiger partial charge in [0.05, 0.1) is 4.92 Å². The summed E-state index contributed by atoms with van der Waals surface area (Å²) < 4.78 is 5.80. The first-order chi connectivity index (χ1) is 10.0. The van der Waals surface area contributed by atoms with Crippen LogP contribution in [0.1, 0.15) is 30.9 Å². The van der Waals surface area contributed by atoms with E-state index in [9.17, 15) is 10.1 Å². The Balaban J connectivity index is 2.27. The molecular weight excluding hydrogens is 334 g/mol. The summed E-state index contributed by atoms with van der Waals surface area (Å²) in [7, 11) is 0. The monoisotopic (exact) mass is 349 g/mol. The van der Waals surface area contributed by atoms with E-state index in [2.05, 4.69) is 35.8 Å². The molecule has 0 heterocycles. The highest BCUT2D eigenvalue weighted by Crippen LogP contribution is 2.30. The minimum absolute atomic E-state index is 0.0927. The molecule has 0 aromatic heterocycles. The maximum absolute atomic E-state index is 10.9. The fourth-order valence-corrected chi connectivity index (χ4v) is 2.43. The molecule has 0 fully saturated rings. The van der Waals surface area contributed by atoms with Crippen LogP contribution in [-0.2, 0) is 5.33 Å². The van der Waals surface area contributed by atoms with Gasteiger partial charge in [-0.15, -0.1) is 0 Å². The summed E-state index contributed by atoms with van der Waals surface area (Å²) in [6, 6.07) is 12.6. The molecule has 2 rings (SSSR count). The fourth-order valence-electron chi connectivity index (χ4n) is 1.98. The number of alkyl halides is 1. The summed E-state index contributed by atoms with van der Waals surface area (Å²) in [6.07, 6.45) is 0. The van der Waals surface area contributed by atoms with Crippen molar-refractivity contribution in [1.29, 1.82) is 0 Å². The second-order valence-corrected chi connectivity index (χ2v) is 5.57. The zero-order valence-corrected chi connectivity index (χ0v) is 13.5. The first-order valence-electron chi connectivity index (χ1n) is 6.62. The van der Waals surface area contributed by atoms with Gasteiger partial charge in [-0.1, -0.05) is 41.9 Å². The predicted molar refractivity (Wildman–Crippen MR) is 86.3 cm³/mol. The molecule has 4 nitrogen and oxygen atoms in total. The third-order valence-electron chi connectivity index (χ3n) is 3.15. The smallest absolute Gasteiger partial charge is 0.273 e. The molecule has 0 saturated carbocycles. The maximum atomic E-state index is 10.9. The lowest BCUT2D eigenvalue weighted by Crippen LogP contribution is -1.95. The molecule has 0 amide bonds. The van der Waals surface area contributed by atoms with Crippen LogP contribution in [0.15, 0.2) is 42.5 Å². The van der Waals surface area contributed by atoms with Gasteiger partial charge in [0.25, 0.3) is 5.69 Å². The summed E-state index contributed by atoms with van der Waals surface area (Å²) in [5.74, 6) is 1.75. The Morgan fingerprint density at radius 2 is 1.90 bits per heavy atom. The molecule has 0 aliphatic rings. The van der Waals surface area contributed by atoms with Crippen molar-refractivity contribution in [2.24, 2.45) is 0 Å². The number of hydrogen-bond donors (Lipinski definition) is 0. The Labute approximate surface area is 132 Å². The van der Waals surface area contributed by atoms with Crippen molar-refractivity contribution in [3.8, 4) is 11.5 Å². The highest BCUT2D eigenvalue weighted by molar-refractivity contribution is 9.08. The summed E-state index contributed by atoms with van der Waals surface area (Å²) in [5.41, 5.74) is 1.88. The molecule has 0 radical (unpaired) electrons. The Morgan fingerprint density at radius 3 is 2.52 bits per heavy atom. The van der Waals surface area contributed by atoms with E-state index in [1.807, 2.05) is 18.2 Å². The van der Waals surface area contributed by atoms with Gasteiger partial charge in [0.15, 0.2) is 0 Å². The van der Waals surface area contributed by atoms with Gasteiger partial charge in [-0.3, -0.25) is 10.1 Å². The Hall–Kier alpha value is -1.88. The van der Waals surface area contributed by atoms with E-state index >= 15 is 0 Å². The molecule has 0 bridgehead atoms. The molecular formula is C16H16BrNO3. The van der Waals surface area contributed by atoms with Gasteiger partial charge in [0.1, 0.15) is 11.5 Å². The number of ether oxygens (including phenoxy) is 1. The Bertz CT molecular complexity index is 656. The average Bonchev–Trinajstić information content (AvgIpc) is 2.47. The lowest BCUT2D eigenvalue weighted by molar-refractivity contribution is -0.385. The third kappa shape index (κ3) is 3.82. The predicted octanol–water partition coefficient (Wildman–Crippen LogP) is 5.41. The van der Waals surface area contributed by atoms with Crippen LogP contribution in [0.25, 0.3) is 0 Å². The van der Waals surface area contributed by atoms with Gasteiger partial charge in [0.2, 0.25) is 0 Å². The van der Waals surface area contributed by atoms with Crippen LogP contribution in [0.2, 0.25) is 0 Å². The van der Waals surface area contributed by atoms with Gasteiger partial charge in [-0.05, 0) is 35.7 Å². The van der Waals surface area contributed by atoms with Crippen molar-refractivity contribution in [2.45, 2.75) is 25.1 Å². The van der Waals surface area contributed by atoms with Crippen molar-refractivity contribution in [1.82, 2.24) is 0 Å². The molecule has 0 saturated heterocycles. The molecule has 2 aromatic carbocycles. The maximum Gasteiger partial charge on any atom is 0.273 e. The minimum Gasteiger partial charge on any atom is -0.457 e. The van der Waals surface area contributed by atoms with Crippen LogP contribution in [-0.4, -0.2) is 4.92 Å². The van der Waals surface area contributed by atoms with Crippen LogP contribution in [0.3, 0.4) is 0 Å². The summed E-state index contributed by atoms with van der Waals surface area (Å²) in [5, 5.41) is 11.3. The van der Waals surface area contributed by atoms with Crippen molar-refractivity contribution < 1.29 is 9.66 Å². The molecule has 2 aromatic rings. The number of nitro benzene ring substituents is 1. The molecule has 0 atom stereocenters. The normalized spacial score (nSPS) is 10.7. The van der Waals surface area contributed by atoms with Gasteiger partial charge < -0.3 is 4.74 Å². The van der Waals surface area contributed by atoms with Crippen molar-refractivity contribution >= 4 is 21.6 Å². The molecule has 5 heteroatoms. The van der Waals surface area contributed by atoms with E-state index in [0.717, 1.165) is 5.75 Å². The van der Waals surface area contributed by atoms with Crippen LogP contribution in [0, 0.1) is 10.1 Å². The summed E-state index contributed by atoms with van der Waals surface area (Å²) in [4.78, 5) is 10.5. The zero-order valence-electron chi connectivity index (χ0n) is 11.9. The SMILES string of the molecule is CC(C)c1cccc(Oc2ccc([N+](=O)[O-])c(CBr)c2)c1. The number of nitrogens with zero attached hydrogens (tertiary/aromatic N) is 1. The molecule has 110 valence electrons. The topological polar surface area (TPSA) is 52.4 Å². The van der Waals surface area contributed by atoms with Crippen molar-refractivity contribution in [2.75, 3.05) is 0 Å². The largest absolute Gasteiger partial charge is 0.457 e. The molecule has 0 N–H and O–H groups in total. The Kier molecular flexibility index (Phi) is 4.96. The standard InChI is InChI=1S/C16H16BrNO3/c1-11(2)12-4-3-5-14(8-12)21-15-6-7-16(18(19)20)13(9-15)10-17/h3-9,11H,10H2,1-2H3. The van der Waals surface area contributed by atoms with Gasteiger partial charge in [-0.2, -0.15) is 0 Å². The van der Waals surface area contributed by atoms with Crippen molar-refractivity contribution in [3.05, 3.63) is 63.7 Å². The number of rotatable bonds is 5. The van der Waals surface area contributed by atoms with Gasteiger partial charge in [-0.25, -0.2) is 0 Å². The van der Waals surface area contributed by atoms with Crippen molar-refractivity contribution in [3.63, 3.8) is 0 Å². The van der Waals surface area contributed by atoms with E-state index in [1.165, 1.54) is 11.6 Å². The number of hydrogen-bond acceptors (Lipinski definition) is 3. The lowest BCUT2D eigenvalue weighted by atomic mass is 10.0. The van der Waals surface area contributed by atoms with Crippen LogP contribution in [0.5, 0.6) is 11.5 Å². The van der Waals surface area contributed by atoms with E-state index in [1.54, 1.807) is 12.1 Å². The second kappa shape index (κ2) is 6.72. The second-order valence-electron chi connectivity index (χ2n) is 5.01. The van der Waals surface area contributed by atoms with Crippen LogP contribution in [0.4, 0.5) is 5.69 Å². The molecule has 0 spiro atoms. The van der Waals surface area contributed by atoms with Crippen LogP contribution >= 0.6 is 15.9 Å². The lowest BCUT2D eigenvalue weighted by Gasteiger charge is -2.10.